The minimum absolute atomic E-state index is 0.0644. The average Bonchev–Trinajstić information content (AvgIpc) is 3.03. The Kier molecular flexibility index (Phi) is 6.71. The van der Waals surface area contributed by atoms with E-state index in [0.29, 0.717) is 11.7 Å². The molecule has 1 aliphatic heterocycles. The molecule has 1 saturated heterocycles. The average molecular weight is 398 g/mol. The van der Waals surface area contributed by atoms with E-state index in [0.717, 1.165) is 29.0 Å². The number of nitrogens with zero attached hydrogens (tertiary/aromatic N) is 3. The van der Waals surface area contributed by atoms with Gasteiger partial charge in [-0.1, -0.05) is 43.0 Å². The molecule has 0 saturated carbocycles. The van der Waals surface area contributed by atoms with Gasteiger partial charge in [0.05, 0.1) is 32.2 Å². The Hall–Kier alpha value is -2.80. The number of amidine groups is 1. The van der Waals surface area contributed by atoms with Gasteiger partial charge in [0, 0.05) is 5.56 Å². The summed E-state index contributed by atoms with van der Waals surface area (Å²) in [5, 5.41) is 9.01. The van der Waals surface area contributed by atoms with Crippen LogP contribution in [0.15, 0.2) is 58.7 Å². The van der Waals surface area contributed by atoms with Crippen LogP contribution in [-0.2, 0) is 11.3 Å². The second-order valence-electron chi connectivity index (χ2n) is 6.16. The van der Waals surface area contributed by atoms with E-state index in [4.69, 9.17) is 9.47 Å². The number of carbonyl (C=O) groups excluding carboxylic acids is 1. The molecule has 1 amide bonds. The van der Waals surface area contributed by atoms with Crippen LogP contribution in [0.3, 0.4) is 0 Å². The lowest BCUT2D eigenvalue weighted by Crippen LogP contribution is -2.31. The number of para-hydroxylation sites is 1. The van der Waals surface area contributed by atoms with Crippen molar-refractivity contribution in [1.29, 1.82) is 0 Å². The predicted molar refractivity (Wildman–Crippen MR) is 113 cm³/mol. The number of methoxy groups -OCH3 is 2. The Morgan fingerprint density at radius 2 is 1.86 bits per heavy atom. The zero-order chi connectivity index (χ0) is 19.9. The smallest absolute Gasteiger partial charge is 0.242 e. The Labute approximate surface area is 169 Å². The molecule has 1 aliphatic rings. The van der Waals surface area contributed by atoms with Crippen LogP contribution >= 0.6 is 11.8 Å². The minimum Gasteiger partial charge on any atom is -0.497 e. The van der Waals surface area contributed by atoms with Crippen LogP contribution in [0.4, 0.5) is 0 Å². The molecule has 3 rings (SSSR count). The van der Waals surface area contributed by atoms with E-state index in [-0.39, 0.29) is 11.2 Å². The van der Waals surface area contributed by atoms with Gasteiger partial charge in [0.15, 0.2) is 5.17 Å². The maximum absolute atomic E-state index is 12.7. The van der Waals surface area contributed by atoms with Crippen molar-refractivity contribution >= 4 is 29.1 Å². The molecule has 1 fully saturated rings. The van der Waals surface area contributed by atoms with Gasteiger partial charge in [0.2, 0.25) is 5.91 Å². The van der Waals surface area contributed by atoms with Gasteiger partial charge in [-0.25, -0.2) is 0 Å². The molecular formula is C21H23N3O3S. The van der Waals surface area contributed by atoms with E-state index in [1.807, 2.05) is 55.5 Å². The molecule has 0 unspecified atom stereocenters. The molecular weight excluding hydrogens is 374 g/mol. The summed E-state index contributed by atoms with van der Waals surface area (Å²) in [7, 11) is 3.25. The highest BCUT2D eigenvalue weighted by Gasteiger charge is 2.36. The van der Waals surface area contributed by atoms with Crippen LogP contribution in [0, 0.1) is 0 Å². The van der Waals surface area contributed by atoms with Crippen LogP contribution in [0.25, 0.3) is 0 Å². The highest BCUT2D eigenvalue weighted by Crippen LogP contribution is 2.31. The van der Waals surface area contributed by atoms with E-state index in [2.05, 4.69) is 10.2 Å². The third-order valence-corrected chi connectivity index (χ3v) is 5.70. The Bertz CT molecular complexity index is 881. The Balaban J connectivity index is 1.80. The summed E-state index contributed by atoms with van der Waals surface area (Å²) in [6.45, 7) is 2.46. The minimum atomic E-state index is -0.126. The number of amides is 1. The zero-order valence-electron chi connectivity index (χ0n) is 16.2. The lowest BCUT2D eigenvalue weighted by molar-refractivity contribution is -0.126. The number of hydrogen-bond donors (Lipinski definition) is 0. The monoisotopic (exact) mass is 397 g/mol. The van der Waals surface area contributed by atoms with E-state index in [9.17, 15) is 4.79 Å². The largest absolute Gasteiger partial charge is 0.497 e. The molecule has 0 spiro atoms. The molecule has 146 valence electrons. The number of hydrogen-bond acceptors (Lipinski definition) is 6. The van der Waals surface area contributed by atoms with E-state index in [1.165, 1.54) is 11.8 Å². The fourth-order valence-corrected chi connectivity index (χ4v) is 3.84. The van der Waals surface area contributed by atoms with Crippen molar-refractivity contribution in [2.45, 2.75) is 25.1 Å². The molecule has 7 heteroatoms. The van der Waals surface area contributed by atoms with Gasteiger partial charge >= 0.3 is 0 Å². The van der Waals surface area contributed by atoms with E-state index < -0.39 is 0 Å². The van der Waals surface area contributed by atoms with Crippen molar-refractivity contribution in [2.75, 3.05) is 14.2 Å². The van der Waals surface area contributed by atoms with Gasteiger partial charge in [-0.05, 0) is 36.2 Å². The van der Waals surface area contributed by atoms with Crippen LogP contribution in [0.1, 0.15) is 24.5 Å². The number of benzene rings is 2. The normalized spacial score (nSPS) is 18.2. The Morgan fingerprint density at radius 3 is 2.54 bits per heavy atom. The van der Waals surface area contributed by atoms with Gasteiger partial charge in [-0.2, -0.15) is 5.10 Å². The van der Waals surface area contributed by atoms with Crippen molar-refractivity contribution in [3.8, 4) is 11.5 Å². The summed E-state index contributed by atoms with van der Waals surface area (Å²) in [4.78, 5) is 14.4. The SMILES string of the molecule is CC[C@H]1S/C(=N\N=C/c2ccccc2OC)N(Cc2ccc(OC)cc2)C1=O. The molecule has 0 aliphatic carbocycles. The van der Waals surface area contributed by atoms with Gasteiger partial charge in [0.25, 0.3) is 0 Å². The van der Waals surface area contributed by atoms with Gasteiger partial charge < -0.3 is 9.47 Å². The third-order valence-electron chi connectivity index (χ3n) is 4.37. The number of rotatable bonds is 7. The molecule has 0 radical (unpaired) electrons. The van der Waals surface area contributed by atoms with Crippen molar-refractivity contribution in [3.05, 3.63) is 59.7 Å². The maximum Gasteiger partial charge on any atom is 0.242 e. The summed E-state index contributed by atoms with van der Waals surface area (Å²) in [6, 6.07) is 15.3. The summed E-state index contributed by atoms with van der Waals surface area (Å²) >= 11 is 1.46. The van der Waals surface area contributed by atoms with Crippen LogP contribution in [0.5, 0.6) is 11.5 Å². The topological polar surface area (TPSA) is 63.5 Å². The quantitative estimate of drug-likeness (QED) is 0.524. The second kappa shape index (κ2) is 9.41. The van der Waals surface area contributed by atoms with Crippen molar-refractivity contribution < 1.29 is 14.3 Å². The van der Waals surface area contributed by atoms with Crippen molar-refractivity contribution in [1.82, 2.24) is 4.90 Å². The molecule has 2 aromatic carbocycles. The predicted octanol–water partition coefficient (Wildman–Crippen LogP) is 3.95. The van der Waals surface area contributed by atoms with E-state index in [1.54, 1.807) is 25.3 Å². The molecule has 28 heavy (non-hydrogen) atoms. The van der Waals surface area contributed by atoms with Gasteiger partial charge in [0.1, 0.15) is 11.5 Å². The molecule has 0 aromatic heterocycles. The summed E-state index contributed by atoms with van der Waals surface area (Å²) in [5.41, 5.74) is 1.84. The molecule has 0 bridgehead atoms. The standard InChI is InChI=1S/C21H23N3O3S/c1-4-19-20(25)24(14-15-9-11-17(26-2)12-10-15)21(28-19)23-22-13-16-7-5-6-8-18(16)27-3/h5-13,19H,4,14H2,1-3H3/b22-13-,23-21-/t19-/m1/s1. The number of carbonyl (C=O) groups is 1. The van der Waals surface area contributed by atoms with Crippen LogP contribution in [-0.4, -0.2) is 41.7 Å². The first-order valence-electron chi connectivity index (χ1n) is 9.01. The fourth-order valence-electron chi connectivity index (χ4n) is 2.82. The van der Waals surface area contributed by atoms with Gasteiger partial charge in [-0.15, -0.1) is 5.10 Å². The summed E-state index contributed by atoms with van der Waals surface area (Å²) in [6.07, 6.45) is 2.39. The number of thioether (sulfide) groups is 1. The second-order valence-corrected chi connectivity index (χ2v) is 7.33. The molecule has 0 N–H and O–H groups in total. The molecule has 2 aromatic rings. The van der Waals surface area contributed by atoms with Crippen molar-refractivity contribution in [3.63, 3.8) is 0 Å². The molecule has 1 heterocycles. The lowest BCUT2D eigenvalue weighted by Gasteiger charge is -2.16. The maximum atomic E-state index is 12.7. The highest BCUT2D eigenvalue weighted by molar-refractivity contribution is 8.15. The first kappa shape index (κ1) is 19.9. The lowest BCUT2D eigenvalue weighted by atomic mass is 10.2. The third kappa shape index (κ3) is 4.54. The summed E-state index contributed by atoms with van der Waals surface area (Å²) in [5.74, 6) is 1.57. The Morgan fingerprint density at radius 1 is 1.11 bits per heavy atom. The molecule has 6 nitrogen and oxygen atoms in total. The van der Waals surface area contributed by atoms with Crippen LogP contribution in [0.2, 0.25) is 0 Å². The first-order chi connectivity index (χ1) is 13.7. The van der Waals surface area contributed by atoms with Crippen molar-refractivity contribution in [2.24, 2.45) is 10.2 Å². The van der Waals surface area contributed by atoms with Gasteiger partial charge in [-0.3, -0.25) is 9.69 Å². The first-order valence-corrected chi connectivity index (χ1v) is 9.89. The summed E-state index contributed by atoms with van der Waals surface area (Å²) < 4.78 is 10.5. The molecule has 1 atom stereocenters. The fraction of sp³-hybridized carbons (Fsp3) is 0.286. The van der Waals surface area contributed by atoms with E-state index >= 15 is 0 Å². The highest BCUT2D eigenvalue weighted by atomic mass is 32.2. The van der Waals surface area contributed by atoms with Crippen LogP contribution < -0.4 is 9.47 Å². The number of ether oxygens (including phenoxy) is 2. The zero-order valence-corrected chi connectivity index (χ0v) is 17.0.